The Morgan fingerprint density at radius 2 is 1.85 bits per heavy atom. The molecule has 0 nitrogen and oxygen atoms in total. The summed E-state index contributed by atoms with van der Waals surface area (Å²) >= 11 is 0. The van der Waals surface area contributed by atoms with E-state index in [9.17, 15) is 0 Å². The van der Waals surface area contributed by atoms with E-state index in [1.807, 2.05) is 6.07 Å². The van der Waals surface area contributed by atoms with E-state index in [-0.39, 0.29) is 5.16 Å². The van der Waals surface area contributed by atoms with Gasteiger partial charge in [0.2, 0.25) is 0 Å². The summed E-state index contributed by atoms with van der Waals surface area (Å²) in [5.41, 5.74) is 2.59. The van der Waals surface area contributed by atoms with Crippen LogP contribution in [0.15, 0.2) is 42.5 Å². The maximum Gasteiger partial charge on any atom is 0.0000999 e. The molecule has 0 radical (unpaired) electrons. The summed E-state index contributed by atoms with van der Waals surface area (Å²) in [6.07, 6.45) is 0.970. The molecule has 1 unspecified atom stereocenters. The Morgan fingerprint density at radius 1 is 1.31 bits per heavy atom. The summed E-state index contributed by atoms with van der Waals surface area (Å²) in [5, 5.41) is 0.135. The molecule has 1 aromatic carbocycles. The van der Waals surface area contributed by atoms with Crippen LogP contribution in [0, 0.1) is 0 Å². The topological polar surface area (TPSA) is 0 Å². The van der Waals surface area contributed by atoms with E-state index in [4.69, 9.17) is 0 Å². The number of benzene rings is 1. The highest BCUT2D eigenvalue weighted by Crippen LogP contribution is 2.27. The van der Waals surface area contributed by atoms with Crippen LogP contribution in [0.5, 0.6) is 0 Å². The maximum absolute atomic E-state index is 4.10. The molecule has 0 fully saturated rings. The predicted octanol–water partition coefficient (Wildman–Crippen LogP) is 3.44. The third-order valence-corrected chi connectivity index (χ3v) is 2.58. The van der Waals surface area contributed by atoms with Crippen LogP contribution in [0.4, 0.5) is 0 Å². The van der Waals surface area contributed by atoms with Crippen molar-refractivity contribution in [1.29, 1.82) is 0 Å². The van der Waals surface area contributed by atoms with E-state index in [0.717, 1.165) is 6.42 Å². The Labute approximate surface area is 83.3 Å². The largest absolute Gasteiger partial charge is 0.127 e. The van der Waals surface area contributed by atoms with Crippen LogP contribution < -0.4 is 0 Å². The van der Waals surface area contributed by atoms with Gasteiger partial charge in [-0.05, 0) is 12.0 Å². The van der Waals surface area contributed by atoms with Crippen molar-refractivity contribution in [3.05, 3.63) is 48.0 Å². The lowest BCUT2D eigenvalue weighted by molar-refractivity contribution is 0.804. The molecule has 0 amide bonds. The van der Waals surface area contributed by atoms with Gasteiger partial charge < -0.3 is 0 Å². The van der Waals surface area contributed by atoms with E-state index in [2.05, 4.69) is 53.9 Å². The minimum atomic E-state index is 0.135. The molecule has 0 aliphatic heterocycles. The molecule has 0 N–H and O–H groups in total. The number of rotatable bonds is 3. The minimum Gasteiger partial charge on any atom is -0.127 e. The average molecular weight is 192 g/mol. The second kappa shape index (κ2) is 4.07. The summed E-state index contributed by atoms with van der Waals surface area (Å²) in [7, 11) is 2.83. The summed E-state index contributed by atoms with van der Waals surface area (Å²) in [6.45, 7) is 8.44. The lowest BCUT2D eigenvalue weighted by Crippen LogP contribution is -2.14. The molecule has 0 bridgehead atoms. The predicted molar refractivity (Wildman–Crippen MR) is 63.1 cm³/mol. The molecule has 1 heteroatoms. The fraction of sp³-hybridized carbons (Fsp3) is 0.333. The normalized spacial score (nSPS) is 11.3. The van der Waals surface area contributed by atoms with E-state index in [0.29, 0.717) is 0 Å². The molecule has 0 saturated carbocycles. The highest BCUT2D eigenvalue weighted by Gasteiger charge is 2.14. The van der Waals surface area contributed by atoms with Crippen molar-refractivity contribution in [2.45, 2.75) is 25.4 Å². The first-order chi connectivity index (χ1) is 6.00. The van der Waals surface area contributed by atoms with E-state index in [1.54, 1.807) is 0 Å². The Balaban J connectivity index is 2.66. The van der Waals surface area contributed by atoms with Gasteiger partial charge in [-0.3, -0.25) is 0 Å². The fourth-order valence-corrected chi connectivity index (χ4v) is 1.17. The Kier molecular flexibility index (Phi) is 3.27. The van der Waals surface area contributed by atoms with E-state index >= 15 is 0 Å². The number of hydrogen-bond acceptors (Lipinski definition) is 0. The van der Waals surface area contributed by atoms with Gasteiger partial charge in [-0.25, -0.2) is 0 Å². The van der Waals surface area contributed by atoms with Crippen molar-refractivity contribution in [2.24, 2.45) is 0 Å². The van der Waals surface area contributed by atoms with Crippen LogP contribution in [-0.2, 0) is 6.42 Å². The second-order valence-electron chi connectivity index (χ2n) is 3.99. The molecule has 0 aliphatic carbocycles. The monoisotopic (exact) mass is 192 g/mol. The van der Waals surface area contributed by atoms with Gasteiger partial charge in [0.1, 0.15) is 0 Å². The average Bonchev–Trinajstić information content (AvgIpc) is 2.04. The van der Waals surface area contributed by atoms with Crippen molar-refractivity contribution >= 4 is 9.24 Å². The molecule has 0 saturated heterocycles. The zero-order valence-electron chi connectivity index (χ0n) is 8.38. The summed E-state index contributed by atoms with van der Waals surface area (Å²) in [5.74, 6) is 0. The summed E-state index contributed by atoms with van der Waals surface area (Å²) < 4.78 is 0. The van der Waals surface area contributed by atoms with Gasteiger partial charge in [-0.2, -0.15) is 0 Å². The Bertz CT molecular complexity index is 280. The molecular weight excluding hydrogens is 175 g/mol. The first-order valence-electron chi connectivity index (χ1n) is 4.51. The van der Waals surface area contributed by atoms with E-state index in [1.165, 1.54) is 11.1 Å². The van der Waals surface area contributed by atoms with Crippen LogP contribution >= 0.6 is 9.24 Å². The fourth-order valence-electron chi connectivity index (χ4n) is 1.07. The van der Waals surface area contributed by atoms with Crippen LogP contribution in [0.1, 0.15) is 19.4 Å². The van der Waals surface area contributed by atoms with Crippen molar-refractivity contribution < 1.29 is 0 Å². The highest BCUT2D eigenvalue weighted by atomic mass is 31.0. The Hall–Kier alpha value is -0.610. The lowest BCUT2D eigenvalue weighted by Gasteiger charge is -2.21. The number of allylic oxidation sites excluding steroid dienone is 1. The van der Waals surface area contributed by atoms with Gasteiger partial charge in [0.05, 0.1) is 0 Å². The molecule has 70 valence electrons. The third kappa shape index (κ3) is 3.32. The number of hydrogen-bond donors (Lipinski definition) is 0. The molecule has 0 aliphatic rings. The van der Waals surface area contributed by atoms with Gasteiger partial charge in [-0.15, -0.1) is 9.24 Å². The van der Waals surface area contributed by atoms with Crippen molar-refractivity contribution in [3.8, 4) is 0 Å². The second-order valence-corrected chi connectivity index (χ2v) is 5.43. The molecule has 0 aromatic heterocycles. The molecule has 0 spiro atoms. The van der Waals surface area contributed by atoms with Crippen molar-refractivity contribution in [1.82, 2.24) is 0 Å². The van der Waals surface area contributed by atoms with Gasteiger partial charge in [0.25, 0.3) is 0 Å². The van der Waals surface area contributed by atoms with Gasteiger partial charge in [-0.1, -0.05) is 56.3 Å². The molecule has 13 heavy (non-hydrogen) atoms. The van der Waals surface area contributed by atoms with E-state index < -0.39 is 0 Å². The minimum absolute atomic E-state index is 0.135. The van der Waals surface area contributed by atoms with Crippen LogP contribution in [-0.4, -0.2) is 5.16 Å². The van der Waals surface area contributed by atoms with Gasteiger partial charge in [0, 0.05) is 5.16 Å². The van der Waals surface area contributed by atoms with Crippen molar-refractivity contribution in [3.63, 3.8) is 0 Å². The standard InChI is InChI=1S/C12H17P/c1-10(12(2,3)13)9-11-7-5-4-6-8-11/h4-8H,1,9,13H2,2-3H3. The molecule has 1 rings (SSSR count). The lowest BCUT2D eigenvalue weighted by atomic mass is 9.97. The van der Waals surface area contributed by atoms with Crippen molar-refractivity contribution in [2.75, 3.05) is 0 Å². The first kappa shape index (κ1) is 10.5. The quantitative estimate of drug-likeness (QED) is 0.508. The summed E-state index contributed by atoms with van der Waals surface area (Å²) in [6, 6.07) is 10.5. The SMILES string of the molecule is C=C(Cc1ccccc1)C(C)(C)P. The summed E-state index contributed by atoms with van der Waals surface area (Å²) in [4.78, 5) is 0. The molecule has 1 aromatic rings. The molecular formula is C12H17P. The first-order valence-corrected chi connectivity index (χ1v) is 5.09. The van der Waals surface area contributed by atoms with Crippen LogP contribution in [0.2, 0.25) is 0 Å². The van der Waals surface area contributed by atoms with Crippen LogP contribution in [0.25, 0.3) is 0 Å². The highest BCUT2D eigenvalue weighted by molar-refractivity contribution is 7.19. The Morgan fingerprint density at radius 3 is 2.31 bits per heavy atom. The molecule has 1 atom stereocenters. The van der Waals surface area contributed by atoms with Crippen LogP contribution in [0.3, 0.4) is 0 Å². The van der Waals surface area contributed by atoms with Gasteiger partial charge in [0.15, 0.2) is 0 Å². The zero-order valence-corrected chi connectivity index (χ0v) is 9.53. The zero-order chi connectivity index (χ0) is 9.90. The third-order valence-electron chi connectivity index (χ3n) is 2.17. The smallest absolute Gasteiger partial charge is 0.0000999 e. The maximum atomic E-state index is 4.10. The van der Waals surface area contributed by atoms with Gasteiger partial charge >= 0.3 is 0 Å². The molecule has 0 heterocycles.